The first-order valence-electron chi connectivity index (χ1n) is 4.90. The first-order valence-corrected chi connectivity index (χ1v) is 5.28. The lowest BCUT2D eigenvalue weighted by Gasteiger charge is -2.07. The van der Waals surface area contributed by atoms with Crippen molar-refractivity contribution in [1.82, 2.24) is 15.0 Å². The molecule has 94 valence electrons. The van der Waals surface area contributed by atoms with Crippen LogP contribution in [0, 0.1) is 11.6 Å². The summed E-state index contributed by atoms with van der Waals surface area (Å²) in [6, 6.07) is 3.73. The first-order chi connectivity index (χ1) is 8.60. The summed E-state index contributed by atoms with van der Waals surface area (Å²) < 4.78 is 26.4. The van der Waals surface area contributed by atoms with Crippen molar-refractivity contribution >= 4 is 29.2 Å². The topological polar surface area (TPSA) is 62.7 Å². The fourth-order valence-electron chi connectivity index (χ4n) is 1.24. The molecular formula is C10H8ClF2N5. The predicted molar refractivity (Wildman–Crippen MR) is 64.0 cm³/mol. The van der Waals surface area contributed by atoms with Gasteiger partial charge in [0.05, 0.1) is 5.69 Å². The SMILES string of the molecule is CNc1nc(Cl)nc(Nc2cccc(F)c2F)n1. The second kappa shape index (κ2) is 5.09. The smallest absolute Gasteiger partial charge is 0.233 e. The third-order valence-corrected chi connectivity index (χ3v) is 2.20. The van der Waals surface area contributed by atoms with Crippen LogP contribution in [-0.2, 0) is 0 Å². The normalized spacial score (nSPS) is 10.2. The van der Waals surface area contributed by atoms with Crippen LogP contribution >= 0.6 is 11.6 Å². The van der Waals surface area contributed by atoms with Crippen LogP contribution in [0.25, 0.3) is 0 Å². The molecule has 2 aromatic rings. The number of hydrogen-bond donors (Lipinski definition) is 2. The molecule has 2 N–H and O–H groups in total. The fourth-order valence-corrected chi connectivity index (χ4v) is 1.40. The maximum atomic E-state index is 13.4. The van der Waals surface area contributed by atoms with Gasteiger partial charge in [0, 0.05) is 7.05 Å². The Morgan fingerprint density at radius 1 is 1.11 bits per heavy atom. The third-order valence-electron chi connectivity index (χ3n) is 2.03. The molecule has 8 heteroatoms. The van der Waals surface area contributed by atoms with Crippen LogP contribution in [-0.4, -0.2) is 22.0 Å². The monoisotopic (exact) mass is 271 g/mol. The maximum absolute atomic E-state index is 13.4. The Labute approximate surface area is 106 Å². The van der Waals surface area contributed by atoms with Crippen molar-refractivity contribution in [3.63, 3.8) is 0 Å². The molecule has 0 radical (unpaired) electrons. The molecule has 0 bridgehead atoms. The summed E-state index contributed by atoms with van der Waals surface area (Å²) in [6.07, 6.45) is 0. The molecule has 0 unspecified atom stereocenters. The third kappa shape index (κ3) is 2.62. The Balaban J connectivity index is 2.34. The van der Waals surface area contributed by atoms with Crippen LogP contribution in [0.4, 0.5) is 26.4 Å². The summed E-state index contributed by atoms with van der Waals surface area (Å²) in [5, 5.41) is 5.13. The van der Waals surface area contributed by atoms with E-state index in [0.717, 1.165) is 6.07 Å². The van der Waals surface area contributed by atoms with Crippen molar-refractivity contribution in [2.24, 2.45) is 0 Å². The predicted octanol–water partition coefficient (Wildman–Crippen LogP) is 2.59. The van der Waals surface area contributed by atoms with E-state index in [1.165, 1.54) is 12.1 Å². The molecule has 0 saturated carbocycles. The minimum atomic E-state index is -1.01. The second-order valence-corrected chi connectivity index (χ2v) is 3.57. The summed E-state index contributed by atoms with van der Waals surface area (Å²) in [4.78, 5) is 11.4. The van der Waals surface area contributed by atoms with Gasteiger partial charge in [-0.3, -0.25) is 0 Å². The van der Waals surface area contributed by atoms with Gasteiger partial charge in [-0.05, 0) is 23.7 Å². The Morgan fingerprint density at radius 3 is 2.56 bits per heavy atom. The van der Waals surface area contributed by atoms with Crippen LogP contribution in [0.2, 0.25) is 5.28 Å². The second-order valence-electron chi connectivity index (χ2n) is 3.23. The highest BCUT2D eigenvalue weighted by Gasteiger charge is 2.10. The van der Waals surface area contributed by atoms with Crippen molar-refractivity contribution in [1.29, 1.82) is 0 Å². The van der Waals surface area contributed by atoms with Crippen LogP contribution in [0.1, 0.15) is 0 Å². The van der Waals surface area contributed by atoms with Crippen molar-refractivity contribution in [3.8, 4) is 0 Å². The van der Waals surface area contributed by atoms with Gasteiger partial charge < -0.3 is 10.6 Å². The summed E-state index contributed by atoms with van der Waals surface area (Å²) in [5.74, 6) is -1.74. The van der Waals surface area contributed by atoms with Gasteiger partial charge in [0.2, 0.25) is 17.2 Å². The van der Waals surface area contributed by atoms with E-state index in [2.05, 4.69) is 25.6 Å². The van der Waals surface area contributed by atoms with E-state index in [9.17, 15) is 8.78 Å². The molecule has 1 heterocycles. The summed E-state index contributed by atoms with van der Waals surface area (Å²) in [6.45, 7) is 0. The number of halogens is 3. The van der Waals surface area contributed by atoms with Crippen molar-refractivity contribution < 1.29 is 8.78 Å². The average molecular weight is 272 g/mol. The number of benzene rings is 1. The van der Waals surface area contributed by atoms with E-state index in [-0.39, 0.29) is 22.9 Å². The molecule has 0 saturated heterocycles. The van der Waals surface area contributed by atoms with Gasteiger partial charge in [0.25, 0.3) is 0 Å². The molecule has 0 aliphatic carbocycles. The molecule has 0 aliphatic heterocycles. The van der Waals surface area contributed by atoms with E-state index < -0.39 is 11.6 Å². The standard InChI is InChI=1S/C10H8ClF2N5/c1-14-9-16-8(11)17-10(18-9)15-6-4-2-3-5(12)7(6)13/h2-4H,1H3,(H2,14,15,16,17,18). The number of nitrogens with one attached hydrogen (secondary N) is 2. The van der Waals surface area contributed by atoms with Crippen molar-refractivity contribution in [2.75, 3.05) is 17.7 Å². The molecule has 18 heavy (non-hydrogen) atoms. The van der Waals surface area contributed by atoms with Gasteiger partial charge in [0.1, 0.15) is 0 Å². The Bertz CT molecular complexity index is 578. The molecule has 0 aliphatic rings. The number of rotatable bonds is 3. The van der Waals surface area contributed by atoms with E-state index in [1.54, 1.807) is 7.05 Å². The largest absolute Gasteiger partial charge is 0.357 e. The zero-order valence-corrected chi connectivity index (χ0v) is 9.96. The van der Waals surface area contributed by atoms with E-state index in [4.69, 9.17) is 11.6 Å². The number of aromatic nitrogens is 3. The van der Waals surface area contributed by atoms with Crippen LogP contribution < -0.4 is 10.6 Å². The molecule has 0 fully saturated rings. The Kier molecular flexibility index (Phi) is 3.52. The average Bonchev–Trinajstić information content (AvgIpc) is 2.34. The van der Waals surface area contributed by atoms with Gasteiger partial charge >= 0.3 is 0 Å². The molecule has 0 spiro atoms. The summed E-state index contributed by atoms with van der Waals surface area (Å²) >= 11 is 5.66. The van der Waals surface area contributed by atoms with Gasteiger partial charge in [-0.25, -0.2) is 8.78 Å². The van der Waals surface area contributed by atoms with Crippen molar-refractivity contribution in [3.05, 3.63) is 35.1 Å². The summed E-state index contributed by atoms with van der Waals surface area (Å²) in [7, 11) is 1.60. The highest BCUT2D eigenvalue weighted by molar-refractivity contribution is 6.28. The molecule has 1 aromatic carbocycles. The molecular weight excluding hydrogens is 264 g/mol. The molecule has 1 aromatic heterocycles. The highest BCUT2D eigenvalue weighted by atomic mass is 35.5. The van der Waals surface area contributed by atoms with Gasteiger partial charge in [-0.15, -0.1) is 0 Å². The van der Waals surface area contributed by atoms with Gasteiger partial charge in [-0.2, -0.15) is 15.0 Å². The maximum Gasteiger partial charge on any atom is 0.233 e. The van der Waals surface area contributed by atoms with Gasteiger partial charge in [-0.1, -0.05) is 6.07 Å². The van der Waals surface area contributed by atoms with Gasteiger partial charge in [0.15, 0.2) is 11.6 Å². The van der Waals surface area contributed by atoms with Crippen LogP contribution in [0.15, 0.2) is 18.2 Å². The molecule has 0 amide bonds. The summed E-state index contributed by atoms with van der Waals surface area (Å²) in [5.41, 5.74) is -0.0840. The number of nitrogens with zero attached hydrogens (tertiary/aromatic N) is 3. The van der Waals surface area contributed by atoms with Crippen molar-refractivity contribution in [2.45, 2.75) is 0 Å². The Hall–Kier alpha value is -2.02. The quantitative estimate of drug-likeness (QED) is 0.898. The zero-order chi connectivity index (χ0) is 13.1. The minimum absolute atomic E-state index is 0.0175. The fraction of sp³-hybridized carbons (Fsp3) is 0.100. The van der Waals surface area contributed by atoms with E-state index in [1.807, 2.05) is 0 Å². The number of anilines is 3. The lowest BCUT2D eigenvalue weighted by atomic mass is 10.3. The molecule has 2 rings (SSSR count). The van der Waals surface area contributed by atoms with Crippen LogP contribution in [0.5, 0.6) is 0 Å². The minimum Gasteiger partial charge on any atom is -0.357 e. The van der Waals surface area contributed by atoms with E-state index in [0.29, 0.717) is 0 Å². The lowest BCUT2D eigenvalue weighted by Crippen LogP contribution is -2.05. The van der Waals surface area contributed by atoms with Crippen LogP contribution in [0.3, 0.4) is 0 Å². The zero-order valence-electron chi connectivity index (χ0n) is 9.21. The first kappa shape index (κ1) is 12.4. The van der Waals surface area contributed by atoms with E-state index >= 15 is 0 Å². The number of hydrogen-bond acceptors (Lipinski definition) is 5. The lowest BCUT2D eigenvalue weighted by molar-refractivity contribution is 0.511. The highest BCUT2D eigenvalue weighted by Crippen LogP contribution is 2.20. The molecule has 0 atom stereocenters. The molecule has 5 nitrogen and oxygen atoms in total. The Morgan fingerprint density at radius 2 is 1.83 bits per heavy atom.